The summed E-state index contributed by atoms with van der Waals surface area (Å²) in [5.41, 5.74) is 0.991. The summed E-state index contributed by atoms with van der Waals surface area (Å²) in [7, 11) is 0. The molecule has 0 atom stereocenters. The molecule has 2 rings (SSSR count). The standard InChI is InChI=1S/C19H11F4N/c20-17-10-15(11-18(21)16(17)12-24)9-8-14-6-4-13(5-7-14)2-1-3-19(22)23/h3-7,10-11H,1-2H2. The molecule has 0 spiro atoms. The van der Waals surface area contributed by atoms with Gasteiger partial charge < -0.3 is 0 Å². The Morgan fingerprint density at radius 3 is 2.08 bits per heavy atom. The second-order valence-electron chi connectivity index (χ2n) is 4.91. The molecule has 0 saturated carbocycles. The quantitative estimate of drug-likeness (QED) is 0.577. The third kappa shape index (κ3) is 4.72. The molecule has 0 amide bonds. The zero-order chi connectivity index (χ0) is 17.5. The summed E-state index contributed by atoms with van der Waals surface area (Å²) in [5.74, 6) is 3.47. The van der Waals surface area contributed by atoms with Crippen molar-refractivity contribution >= 4 is 0 Å². The Hall–Kier alpha value is -3.05. The van der Waals surface area contributed by atoms with Gasteiger partial charge in [0.15, 0.2) is 0 Å². The van der Waals surface area contributed by atoms with Gasteiger partial charge in [-0.3, -0.25) is 0 Å². The van der Waals surface area contributed by atoms with Gasteiger partial charge in [-0.15, -0.1) is 0 Å². The van der Waals surface area contributed by atoms with Crippen molar-refractivity contribution in [3.8, 4) is 17.9 Å². The van der Waals surface area contributed by atoms with Gasteiger partial charge in [-0.1, -0.05) is 24.0 Å². The van der Waals surface area contributed by atoms with Crippen LogP contribution in [0.2, 0.25) is 0 Å². The second kappa shape index (κ2) is 7.99. The van der Waals surface area contributed by atoms with Crippen LogP contribution in [0, 0.1) is 34.8 Å². The number of hydrogen-bond acceptors (Lipinski definition) is 1. The normalized spacial score (nSPS) is 9.62. The van der Waals surface area contributed by atoms with Gasteiger partial charge in [0.25, 0.3) is 6.08 Å². The molecule has 2 aromatic rings. The van der Waals surface area contributed by atoms with Crippen LogP contribution < -0.4 is 0 Å². The minimum atomic E-state index is -1.70. The average molecular weight is 329 g/mol. The molecule has 0 N–H and O–H groups in total. The Bertz CT molecular complexity index is 838. The number of hydrogen-bond donors (Lipinski definition) is 0. The Balaban J connectivity index is 2.11. The average Bonchev–Trinajstić information content (AvgIpc) is 2.53. The molecule has 0 fully saturated rings. The lowest BCUT2D eigenvalue weighted by molar-refractivity contribution is 0.417. The van der Waals surface area contributed by atoms with Crippen LogP contribution in [0.3, 0.4) is 0 Å². The van der Waals surface area contributed by atoms with E-state index in [4.69, 9.17) is 5.26 Å². The lowest BCUT2D eigenvalue weighted by atomic mass is 10.1. The van der Waals surface area contributed by atoms with Crippen LogP contribution in [0.15, 0.2) is 48.6 Å². The highest BCUT2D eigenvalue weighted by molar-refractivity contribution is 5.46. The maximum atomic E-state index is 13.5. The highest BCUT2D eigenvalue weighted by Crippen LogP contribution is 2.14. The van der Waals surface area contributed by atoms with E-state index in [-0.39, 0.29) is 12.0 Å². The number of aryl methyl sites for hydroxylation is 1. The van der Waals surface area contributed by atoms with Crippen LogP contribution >= 0.6 is 0 Å². The molecule has 0 heterocycles. The van der Waals surface area contributed by atoms with Crippen molar-refractivity contribution in [1.82, 2.24) is 0 Å². The van der Waals surface area contributed by atoms with E-state index in [1.807, 2.05) is 0 Å². The Morgan fingerprint density at radius 2 is 1.54 bits per heavy atom. The van der Waals surface area contributed by atoms with Gasteiger partial charge in [-0.25, -0.2) is 8.78 Å². The largest absolute Gasteiger partial charge is 0.266 e. The Morgan fingerprint density at radius 1 is 0.958 bits per heavy atom. The van der Waals surface area contributed by atoms with Crippen molar-refractivity contribution < 1.29 is 17.6 Å². The third-order valence-electron chi connectivity index (χ3n) is 3.19. The predicted molar refractivity (Wildman–Crippen MR) is 82.1 cm³/mol. The smallest absolute Gasteiger partial charge is 0.205 e. The van der Waals surface area contributed by atoms with Crippen molar-refractivity contribution in [3.63, 3.8) is 0 Å². The molecule has 1 nitrogen and oxygen atoms in total. The fraction of sp³-hybridized carbons (Fsp3) is 0.105. The number of rotatable bonds is 3. The summed E-state index contributed by atoms with van der Waals surface area (Å²) in [6.45, 7) is 0. The molecule has 0 radical (unpaired) electrons. The van der Waals surface area contributed by atoms with Crippen molar-refractivity contribution in [2.45, 2.75) is 12.8 Å². The molecule has 0 unspecified atom stereocenters. The number of halogens is 4. The molecular weight excluding hydrogens is 318 g/mol. The summed E-state index contributed by atoms with van der Waals surface area (Å²) in [4.78, 5) is 0. The molecule has 120 valence electrons. The van der Waals surface area contributed by atoms with E-state index in [9.17, 15) is 17.6 Å². The van der Waals surface area contributed by atoms with Crippen molar-refractivity contribution in [2.75, 3.05) is 0 Å². The van der Waals surface area contributed by atoms with Crippen LogP contribution in [-0.2, 0) is 6.42 Å². The molecular formula is C19H11F4N. The lowest BCUT2D eigenvalue weighted by Gasteiger charge is -1.99. The highest BCUT2D eigenvalue weighted by atomic mass is 19.3. The highest BCUT2D eigenvalue weighted by Gasteiger charge is 2.09. The fourth-order valence-corrected chi connectivity index (χ4v) is 2.00. The van der Waals surface area contributed by atoms with Gasteiger partial charge in [-0.2, -0.15) is 14.0 Å². The van der Waals surface area contributed by atoms with Gasteiger partial charge >= 0.3 is 0 Å². The minimum Gasteiger partial charge on any atom is -0.205 e. The molecule has 0 saturated heterocycles. The van der Waals surface area contributed by atoms with Gasteiger partial charge in [0.2, 0.25) is 0 Å². The van der Waals surface area contributed by atoms with Crippen LogP contribution in [0.4, 0.5) is 17.6 Å². The summed E-state index contributed by atoms with van der Waals surface area (Å²) in [6, 6.07) is 10.4. The first-order chi connectivity index (χ1) is 11.5. The summed E-state index contributed by atoms with van der Waals surface area (Å²) < 4.78 is 50.8. The van der Waals surface area contributed by atoms with Gasteiger partial charge in [-0.05, 0) is 48.7 Å². The fourth-order valence-electron chi connectivity index (χ4n) is 2.00. The molecule has 0 aromatic heterocycles. The predicted octanol–water partition coefficient (Wildman–Crippen LogP) is 4.95. The molecule has 0 bridgehead atoms. The number of allylic oxidation sites excluding steroid dienone is 1. The Labute approximate surface area is 136 Å². The second-order valence-corrected chi connectivity index (χ2v) is 4.91. The zero-order valence-electron chi connectivity index (χ0n) is 12.4. The first-order valence-corrected chi connectivity index (χ1v) is 7.01. The van der Waals surface area contributed by atoms with Crippen LogP contribution in [0.1, 0.15) is 28.7 Å². The van der Waals surface area contributed by atoms with Crippen LogP contribution in [0.5, 0.6) is 0 Å². The topological polar surface area (TPSA) is 23.8 Å². The van der Waals surface area contributed by atoms with Crippen LogP contribution in [-0.4, -0.2) is 0 Å². The van der Waals surface area contributed by atoms with E-state index < -0.39 is 23.3 Å². The monoisotopic (exact) mass is 329 g/mol. The van der Waals surface area contributed by atoms with Gasteiger partial charge in [0.1, 0.15) is 23.3 Å². The molecule has 24 heavy (non-hydrogen) atoms. The number of nitrogens with zero attached hydrogens (tertiary/aromatic N) is 1. The van der Waals surface area contributed by atoms with Crippen molar-refractivity contribution in [1.29, 1.82) is 5.26 Å². The van der Waals surface area contributed by atoms with Crippen molar-refractivity contribution in [3.05, 3.63) is 82.4 Å². The Kier molecular flexibility index (Phi) is 5.76. The summed E-state index contributed by atoms with van der Waals surface area (Å²) >= 11 is 0. The molecule has 0 aliphatic carbocycles. The third-order valence-corrected chi connectivity index (χ3v) is 3.19. The first-order valence-electron chi connectivity index (χ1n) is 7.01. The number of benzene rings is 2. The number of nitriles is 1. The first kappa shape index (κ1) is 17.3. The molecule has 0 aliphatic rings. The van der Waals surface area contributed by atoms with E-state index in [0.717, 1.165) is 23.8 Å². The molecule has 0 aliphatic heterocycles. The van der Waals surface area contributed by atoms with E-state index in [2.05, 4.69) is 11.8 Å². The molecule has 2 aromatic carbocycles. The summed E-state index contributed by atoms with van der Waals surface area (Å²) in [5, 5.41) is 8.60. The lowest BCUT2D eigenvalue weighted by Crippen LogP contribution is -1.91. The van der Waals surface area contributed by atoms with E-state index in [0.29, 0.717) is 12.0 Å². The maximum Gasteiger partial charge on any atom is 0.266 e. The maximum absolute atomic E-state index is 13.5. The van der Waals surface area contributed by atoms with Crippen LogP contribution in [0.25, 0.3) is 0 Å². The SMILES string of the molecule is N#Cc1c(F)cc(C#Cc2ccc(CCC=C(F)F)cc2)cc1F. The van der Waals surface area contributed by atoms with E-state index >= 15 is 0 Å². The summed E-state index contributed by atoms with van der Waals surface area (Å²) in [6.07, 6.45) is -0.102. The van der Waals surface area contributed by atoms with E-state index in [1.54, 1.807) is 24.3 Å². The molecule has 5 heteroatoms. The van der Waals surface area contributed by atoms with Gasteiger partial charge in [0, 0.05) is 11.1 Å². The minimum absolute atomic E-state index is 0.122. The zero-order valence-corrected chi connectivity index (χ0v) is 12.4. The van der Waals surface area contributed by atoms with E-state index in [1.165, 1.54) is 6.07 Å². The van der Waals surface area contributed by atoms with Gasteiger partial charge in [0.05, 0.1) is 0 Å². The van der Waals surface area contributed by atoms with Crippen molar-refractivity contribution in [2.24, 2.45) is 0 Å².